The standard InChI is InChI=1S/C19H15ClN4O2S3/c1-2-27-19-23-18(29-24-19)22-17(25)13(10-21)9-15-7-8-16(26-15)28-11-12-3-5-14(20)6-4-12/h3-9H,2,11H2,1H3,(H,22,23,24,25). The van der Waals surface area contributed by atoms with E-state index in [1.54, 1.807) is 12.1 Å². The molecule has 0 saturated carbocycles. The minimum absolute atomic E-state index is 0.0755. The van der Waals surface area contributed by atoms with Crippen LogP contribution in [0.1, 0.15) is 18.2 Å². The lowest BCUT2D eigenvalue weighted by atomic mass is 10.2. The zero-order chi connectivity index (χ0) is 20.6. The average molecular weight is 463 g/mol. The summed E-state index contributed by atoms with van der Waals surface area (Å²) in [5, 5.41) is 14.3. The number of furan rings is 1. The van der Waals surface area contributed by atoms with Crippen LogP contribution in [0.4, 0.5) is 5.13 Å². The normalized spacial score (nSPS) is 11.3. The summed E-state index contributed by atoms with van der Waals surface area (Å²) < 4.78 is 9.83. The Bertz CT molecular complexity index is 1050. The number of hydrogen-bond acceptors (Lipinski definition) is 8. The Morgan fingerprint density at radius 2 is 2.10 bits per heavy atom. The van der Waals surface area contributed by atoms with Gasteiger partial charge in [0, 0.05) is 28.4 Å². The molecule has 6 nitrogen and oxygen atoms in total. The van der Waals surface area contributed by atoms with Crippen molar-refractivity contribution < 1.29 is 9.21 Å². The predicted octanol–water partition coefficient (Wildman–Crippen LogP) is 5.73. The van der Waals surface area contributed by atoms with Gasteiger partial charge >= 0.3 is 0 Å². The van der Waals surface area contributed by atoms with Gasteiger partial charge in [-0.05, 0) is 35.6 Å². The third-order valence-corrected chi connectivity index (χ3v) is 6.16. The van der Waals surface area contributed by atoms with Crippen molar-refractivity contribution >= 4 is 63.8 Å². The van der Waals surface area contributed by atoms with E-state index >= 15 is 0 Å². The molecule has 0 bridgehead atoms. The van der Waals surface area contributed by atoms with Crippen molar-refractivity contribution in [1.82, 2.24) is 9.36 Å². The first-order valence-electron chi connectivity index (χ1n) is 8.44. The molecule has 0 fully saturated rings. The third-order valence-electron chi connectivity index (χ3n) is 3.45. The molecule has 3 aromatic rings. The number of hydrogen-bond donors (Lipinski definition) is 1. The maximum absolute atomic E-state index is 12.3. The van der Waals surface area contributed by atoms with Gasteiger partial charge in [-0.1, -0.05) is 54.2 Å². The van der Waals surface area contributed by atoms with Crippen molar-refractivity contribution in [2.24, 2.45) is 0 Å². The van der Waals surface area contributed by atoms with E-state index in [2.05, 4.69) is 14.7 Å². The number of nitriles is 1. The molecule has 0 radical (unpaired) electrons. The van der Waals surface area contributed by atoms with Crippen LogP contribution in [0.15, 0.2) is 56.6 Å². The van der Waals surface area contributed by atoms with Gasteiger partial charge in [0.15, 0.2) is 5.09 Å². The van der Waals surface area contributed by atoms with Crippen molar-refractivity contribution in [2.75, 3.05) is 11.1 Å². The van der Waals surface area contributed by atoms with E-state index in [9.17, 15) is 10.1 Å². The van der Waals surface area contributed by atoms with Crippen LogP contribution in [0.5, 0.6) is 0 Å². The lowest BCUT2D eigenvalue weighted by molar-refractivity contribution is -0.112. The van der Waals surface area contributed by atoms with Crippen molar-refractivity contribution in [2.45, 2.75) is 22.9 Å². The summed E-state index contributed by atoms with van der Waals surface area (Å²) in [6.07, 6.45) is 1.41. The summed E-state index contributed by atoms with van der Waals surface area (Å²) in [6, 6.07) is 13.0. The number of halogens is 1. The highest BCUT2D eigenvalue weighted by atomic mass is 35.5. The van der Waals surface area contributed by atoms with Crippen LogP contribution in [0.2, 0.25) is 5.02 Å². The summed E-state index contributed by atoms with van der Waals surface area (Å²) in [5.41, 5.74) is 1.04. The molecule has 1 aromatic carbocycles. The highest BCUT2D eigenvalue weighted by Gasteiger charge is 2.14. The van der Waals surface area contributed by atoms with Crippen LogP contribution in [-0.4, -0.2) is 21.0 Å². The summed E-state index contributed by atoms with van der Waals surface area (Å²) in [4.78, 5) is 16.5. The highest BCUT2D eigenvalue weighted by molar-refractivity contribution is 7.99. The molecule has 1 amide bonds. The zero-order valence-corrected chi connectivity index (χ0v) is 18.4. The van der Waals surface area contributed by atoms with Crippen molar-refractivity contribution in [3.05, 3.63) is 58.3 Å². The van der Waals surface area contributed by atoms with Gasteiger partial charge in [-0.3, -0.25) is 10.1 Å². The summed E-state index contributed by atoms with van der Waals surface area (Å²) in [7, 11) is 0. The van der Waals surface area contributed by atoms with Crippen LogP contribution >= 0.6 is 46.7 Å². The number of benzene rings is 1. The molecule has 0 aliphatic carbocycles. The van der Waals surface area contributed by atoms with E-state index in [1.807, 2.05) is 37.3 Å². The van der Waals surface area contributed by atoms with Crippen molar-refractivity contribution in [1.29, 1.82) is 5.26 Å². The second-order valence-electron chi connectivity index (χ2n) is 5.51. The largest absolute Gasteiger partial charge is 0.450 e. The Morgan fingerprint density at radius 1 is 1.31 bits per heavy atom. The molecule has 10 heteroatoms. The molecular weight excluding hydrogens is 448 g/mol. The molecule has 148 valence electrons. The Hall–Kier alpha value is -2.25. The maximum Gasteiger partial charge on any atom is 0.268 e. The SMILES string of the molecule is CCSc1nsc(NC(=O)C(C#N)=Cc2ccc(SCc3ccc(Cl)cc3)o2)n1. The number of nitrogens with zero attached hydrogens (tertiary/aromatic N) is 3. The Morgan fingerprint density at radius 3 is 2.83 bits per heavy atom. The Kier molecular flexibility index (Phi) is 7.77. The third kappa shape index (κ3) is 6.37. The first-order valence-corrected chi connectivity index (χ1v) is 11.6. The average Bonchev–Trinajstić information content (AvgIpc) is 3.35. The maximum atomic E-state index is 12.3. The lowest BCUT2D eigenvalue weighted by Gasteiger charge is -2.00. The number of anilines is 1. The summed E-state index contributed by atoms with van der Waals surface area (Å²) in [6.45, 7) is 1.99. The number of carbonyl (C=O) groups excluding carboxylic acids is 1. The van der Waals surface area contributed by atoms with Crippen LogP contribution in [0.3, 0.4) is 0 Å². The molecule has 0 spiro atoms. The van der Waals surface area contributed by atoms with E-state index in [0.29, 0.717) is 31.9 Å². The first-order chi connectivity index (χ1) is 14.1. The monoisotopic (exact) mass is 462 g/mol. The van der Waals surface area contributed by atoms with E-state index in [0.717, 1.165) is 22.8 Å². The Balaban J connectivity index is 1.61. The molecule has 0 unspecified atom stereocenters. The summed E-state index contributed by atoms with van der Waals surface area (Å²) in [5.74, 6) is 1.43. The molecule has 0 saturated heterocycles. The molecule has 3 rings (SSSR count). The second kappa shape index (κ2) is 10.5. The molecule has 2 aromatic heterocycles. The minimum Gasteiger partial charge on any atom is -0.450 e. The fourth-order valence-electron chi connectivity index (χ4n) is 2.13. The topological polar surface area (TPSA) is 91.8 Å². The fraction of sp³-hybridized carbons (Fsp3) is 0.158. The molecular formula is C19H15ClN4O2S3. The second-order valence-corrected chi connectivity index (χ2v) is 8.91. The van der Waals surface area contributed by atoms with Gasteiger partial charge < -0.3 is 4.42 Å². The van der Waals surface area contributed by atoms with Crippen molar-refractivity contribution in [3.63, 3.8) is 0 Å². The van der Waals surface area contributed by atoms with Gasteiger partial charge in [0.05, 0.1) is 0 Å². The van der Waals surface area contributed by atoms with E-state index in [-0.39, 0.29) is 5.57 Å². The lowest BCUT2D eigenvalue weighted by Crippen LogP contribution is -2.13. The van der Waals surface area contributed by atoms with Gasteiger partial charge in [-0.15, -0.1) is 0 Å². The molecule has 2 heterocycles. The Labute approximate surface area is 185 Å². The quantitative estimate of drug-likeness (QED) is 0.259. The number of carbonyl (C=O) groups is 1. The highest BCUT2D eigenvalue weighted by Crippen LogP contribution is 2.27. The van der Waals surface area contributed by atoms with Gasteiger partial charge in [-0.25, -0.2) is 0 Å². The van der Waals surface area contributed by atoms with E-state index in [1.165, 1.54) is 29.6 Å². The number of rotatable bonds is 8. The van der Waals surface area contributed by atoms with Gasteiger partial charge in [0.2, 0.25) is 10.3 Å². The van der Waals surface area contributed by atoms with Crippen LogP contribution in [0, 0.1) is 11.3 Å². The molecule has 1 N–H and O–H groups in total. The first kappa shape index (κ1) is 21.5. The van der Waals surface area contributed by atoms with Crippen LogP contribution in [0.25, 0.3) is 6.08 Å². The molecule has 0 atom stereocenters. The van der Waals surface area contributed by atoms with Crippen LogP contribution < -0.4 is 5.32 Å². The molecule has 0 aliphatic heterocycles. The van der Waals surface area contributed by atoms with Gasteiger partial charge in [-0.2, -0.15) is 14.6 Å². The minimum atomic E-state index is -0.552. The number of thioether (sulfide) groups is 2. The predicted molar refractivity (Wildman–Crippen MR) is 118 cm³/mol. The number of aromatic nitrogens is 2. The smallest absolute Gasteiger partial charge is 0.268 e. The van der Waals surface area contributed by atoms with E-state index in [4.69, 9.17) is 16.0 Å². The van der Waals surface area contributed by atoms with Gasteiger partial charge in [0.25, 0.3) is 5.91 Å². The van der Waals surface area contributed by atoms with Gasteiger partial charge in [0.1, 0.15) is 17.4 Å². The summed E-state index contributed by atoms with van der Waals surface area (Å²) >= 11 is 9.96. The molecule has 29 heavy (non-hydrogen) atoms. The zero-order valence-electron chi connectivity index (χ0n) is 15.2. The van der Waals surface area contributed by atoms with E-state index < -0.39 is 5.91 Å². The van der Waals surface area contributed by atoms with Crippen LogP contribution in [-0.2, 0) is 10.5 Å². The molecule has 0 aliphatic rings. The number of nitrogens with one attached hydrogen (secondary N) is 1. The number of amides is 1. The fourth-order valence-corrected chi connectivity index (χ4v) is 4.34. The van der Waals surface area contributed by atoms with Crippen molar-refractivity contribution in [3.8, 4) is 6.07 Å².